The molecule has 2 rings (SSSR count). The predicted molar refractivity (Wildman–Crippen MR) is 64.2 cm³/mol. The van der Waals surface area contributed by atoms with Crippen LogP contribution in [-0.4, -0.2) is 28.7 Å². The summed E-state index contributed by atoms with van der Waals surface area (Å²) >= 11 is 1.69. The molecular formula is C12H12NO2S. The molecule has 1 aliphatic rings. The molecule has 1 radical (unpaired) electrons. The molecule has 16 heavy (non-hydrogen) atoms. The molecule has 0 N–H and O–H groups in total. The van der Waals surface area contributed by atoms with Crippen LogP contribution in [0.1, 0.15) is 27.1 Å². The summed E-state index contributed by atoms with van der Waals surface area (Å²) in [7, 11) is 0. The Morgan fingerprint density at radius 2 is 1.75 bits per heavy atom. The third kappa shape index (κ3) is 1.85. The lowest BCUT2D eigenvalue weighted by molar-refractivity contribution is 0.0694. The van der Waals surface area contributed by atoms with Gasteiger partial charge in [-0.2, -0.15) is 11.8 Å². The van der Waals surface area contributed by atoms with E-state index in [0.717, 1.165) is 12.2 Å². The Kier molecular flexibility index (Phi) is 3.29. The van der Waals surface area contributed by atoms with Gasteiger partial charge in [0.1, 0.15) is 0 Å². The van der Waals surface area contributed by atoms with Crippen molar-refractivity contribution >= 4 is 23.6 Å². The van der Waals surface area contributed by atoms with Gasteiger partial charge < -0.3 is 0 Å². The summed E-state index contributed by atoms with van der Waals surface area (Å²) in [6.45, 7) is 1.68. The lowest BCUT2D eigenvalue weighted by Gasteiger charge is -2.11. The first kappa shape index (κ1) is 11.2. The van der Waals surface area contributed by atoms with E-state index in [1.807, 2.05) is 6.26 Å². The molecule has 4 heteroatoms. The van der Waals surface area contributed by atoms with E-state index in [9.17, 15) is 9.59 Å². The van der Waals surface area contributed by atoms with Crippen molar-refractivity contribution < 1.29 is 9.59 Å². The largest absolute Gasteiger partial charge is 0.269 e. The highest BCUT2D eigenvalue weighted by Gasteiger charge is 2.34. The number of fused-ring (bicyclic) bond motifs is 1. The van der Waals surface area contributed by atoms with Crippen LogP contribution in [0, 0.1) is 6.54 Å². The summed E-state index contributed by atoms with van der Waals surface area (Å²) in [5.41, 5.74) is 1.01. The van der Waals surface area contributed by atoms with Crippen molar-refractivity contribution in [3.05, 3.63) is 41.9 Å². The maximum absolute atomic E-state index is 11.9. The maximum Gasteiger partial charge on any atom is 0.261 e. The third-order valence-electron chi connectivity index (χ3n) is 2.46. The average Bonchev–Trinajstić information content (AvgIpc) is 2.55. The summed E-state index contributed by atoms with van der Waals surface area (Å²) in [6.07, 6.45) is 2.73. The second kappa shape index (κ2) is 4.70. The van der Waals surface area contributed by atoms with Crippen LogP contribution in [0.25, 0.3) is 0 Å². The number of amides is 2. The number of imide groups is 1. The van der Waals surface area contributed by atoms with Crippen LogP contribution in [0.3, 0.4) is 0 Å². The van der Waals surface area contributed by atoms with Gasteiger partial charge in [0.05, 0.1) is 17.7 Å². The minimum atomic E-state index is -0.207. The smallest absolute Gasteiger partial charge is 0.261 e. The molecular weight excluding hydrogens is 222 g/mol. The van der Waals surface area contributed by atoms with Gasteiger partial charge in [-0.05, 0) is 30.6 Å². The highest BCUT2D eigenvalue weighted by Crippen LogP contribution is 2.24. The Hall–Kier alpha value is -1.29. The number of thioether (sulfide) groups is 1. The van der Waals surface area contributed by atoms with Crippen molar-refractivity contribution in [1.82, 2.24) is 4.90 Å². The zero-order chi connectivity index (χ0) is 11.5. The molecule has 0 saturated carbocycles. The first-order valence-electron chi connectivity index (χ1n) is 5.05. The average molecular weight is 234 g/mol. The Balaban J connectivity index is 2.15. The Morgan fingerprint density at radius 3 is 2.25 bits per heavy atom. The summed E-state index contributed by atoms with van der Waals surface area (Å²) in [6, 6.07) is 6.93. The molecule has 0 spiro atoms. The van der Waals surface area contributed by atoms with Gasteiger partial charge in [-0.1, -0.05) is 12.1 Å². The molecule has 0 fully saturated rings. The van der Waals surface area contributed by atoms with E-state index in [1.165, 1.54) is 4.90 Å². The minimum Gasteiger partial charge on any atom is -0.269 e. The van der Waals surface area contributed by atoms with Gasteiger partial charge in [-0.25, -0.2) is 0 Å². The fraction of sp³-hybridized carbons (Fsp3) is 0.250. The lowest BCUT2D eigenvalue weighted by atomic mass is 10.1. The van der Waals surface area contributed by atoms with E-state index < -0.39 is 0 Å². The van der Waals surface area contributed by atoms with E-state index in [1.54, 1.807) is 42.6 Å². The summed E-state index contributed by atoms with van der Waals surface area (Å²) in [5.74, 6) is 0.497. The maximum atomic E-state index is 11.9. The highest BCUT2D eigenvalue weighted by molar-refractivity contribution is 7.98. The number of benzene rings is 1. The lowest BCUT2D eigenvalue weighted by Crippen LogP contribution is -2.27. The molecule has 0 bridgehead atoms. The molecule has 3 nitrogen and oxygen atoms in total. The second-order valence-corrected chi connectivity index (χ2v) is 4.48. The van der Waals surface area contributed by atoms with Gasteiger partial charge in [-0.15, -0.1) is 0 Å². The predicted octanol–water partition coefficient (Wildman–Crippen LogP) is 2.20. The Morgan fingerprint density at radius 1 is 1.19 bits per heavy atom. The molecule has 0 atom stereocenters. The van der Waals surface area contributed by atoms with E-state index in [0.29, 0.717) is 11.1 Å². The van der Waals surface area contributed by atoms with E-state index >= 15 is 0 Å². The van der Waals surface area contributed by atoms with E-state index in [-0.39, 0.29) is 11.8 Å². The standard InChI is InChI=1S/C12H12NO2S/c1-16-8-4-7-13-11(14)9-5-2-3-6-10(9)12(13)15/h2-3,5-7H,4,8H2,1H3. The summed E-state index contributed by atoms with van der Waals surface area (Å²) < 4.78 is 0. The molecule has 1 aromatic carbocycles. The van der Waals surface area contributed by atoms with Crippen LogP contribution < -0.4 is 0 Å². The van der Waals surface area contributed by atoms with Crippen molar-refractivity contribution in [2.45, 2.75) is 6.42 Å². The Bertz CT molecular complexity index is 396. The second-order valence-electron chi connectivity index (χ2n) is 3.49. The molecule has 1 aliphatic heterocycles. The number of carbonyl (C=O) groups is 2. The van der Waals surface area contributed by atoms with Gasteiger partial charge in [-0.3, -0.25) is 14.5 Å². The van der Waals surface area contributed by atoms with Crippen molar-refractivity contribution in [2.75, 3.05) is 12.0 Å². The molecule has 0 aliphatic carbocycles. The molecule has 0 unspecified atom stereocenters. The monoisotopic (exact) mass is 234 g/mol. The Labute approximate surface area is 98.8 Å². The fourth-order valence-corrected chi connectivity index (χ4v) is 2.01. The van der Waals surface area contributed by atoms with Gasteiger partial charge in [0.25, 0.3) is 11.8 Å². The van der Waals surface area contributed by atoms with E-state index in [2.05, 4.69) is 0 Å². The van der Waals surface area contributed by atoms with Crippen LogP contribution in [0.15, 0.2) is 24.3 Å². The SMILES string of the molecule is CSCC[CH]N1C(=O)c2ccccc2C1=O. The van der Waals surface area contributed by atoms with Gasteiger partial charge >= 0.3 is 0 Å². The zero-order valence-corrected chi connectivity index (χ0v) is 9.79. The summed E-state index contributed by atoms with van der Waals surface area (Å²) in [4.78, 5) is 25.0. The number of nitrogens with zero attached hydrogens (tertiary/aromatic N) is 1. The first-order valence-corrected chi connectivity index (χ1v) is 6.44. The summed E-state index contributed by atoms with van der Waals surface area (Å²) in [5, 5.41) is 0. The van der Waals surface area contributed by atoms with Crippen molar-refractivity contribution in [1.29, 1.82) is 0 Å². The molecule has 83 valence electrons. The van der Waals surface area contributed by atoms with Crippen molar-refractivity contribution in [3.8, 4) is 0 Å². The van der Waals surface area contributed by atoms with Crippen molar-refractivity contribution in [2.24, 2.45) is 0 Å². The van der Waals surface area contributed by atoms with Crippen LogP contribution in [0.4, 0.5) is 0 Å². The fourth-order valence-electron chi connectivity index (χ4n) is 1.67. The van der Waals surface area contributed by atoms with Crippen LogP contribution >= 0.6 is 11.8 Å². The number of carbonyl (C=O) groups excluding carboxylic acids is 2. The minimum absolute atomic E-state index is 0.207. The van der Waals surface area contributed by atoms with Crippen LogP contribution in [0.2, 0.25) is 0 Å². The van der Waals surface area contributed by atoms with E-state index in [4.69, 9.17) is 0 Å². The van der Waals surface area contributed by atoms with Crippen LogP contribution in [-0.2, 0) is 0 Å². The topological polar surface area (TPSA) is 37.4 Å². The molecule has 2 amide bonds. The molecule has 1 heterocycles. The van der Waals surface area contributed by atoms with Gasteiger partial charge in [0.15, 0.2) is 0 Å². The highest BCUT2D eigenvalue weighted by atomic mass is 32.2. The third-order valence-corrected chi connectivity index (χ3v) is 3.10. The zero-order valence-electron chi connectivity index (χ0n) is 8.97. The molecule has 0 aromatic heterocycles. The normalized spacial score (nSPS) is 14.4. The van der Waals surface area contributed by atoms with Crippen LogP contribution in [0.5, 0.6) is 0 Å². The quantitative estimate of drug-likeness (QED) is 0.592. The van der Waals surface area contributed by atoms with Crippen molar-refractivity contribution in [3.63, 3.8) is 0 Å². The first-order chi connectivity index (χ1) is 7.75. The molecule has 0 saturated heterocycles. The number of hydrogen-bond donors (Lipinski definition) is 0. The molecule has 1 aromatic rings. The van der Waals surface area contributed by atoms with Gasteiger partial charge in [0.2, 0.25) is 0 Å². The number of rotatable bonds is 4. The number of hydrogen-bond acceptors (Lipinski definition) is 3. The van der Waals surface area contributed by atoms with Gasteiger partial charge in [0, 0.05) is 0 Å².